The fourth-order valence-electron chi connectivity index (χ4n) is 1.81. The molecular weight excluding hydrogens is 270 g/mol. The molecule has 0 aliphatic heterocycles. The third-order valence-corrected chi connectivity index (χ3v) is 3.25. The van der Waals surface area contributed by atoms with Gasteiger partial charge in [0.15, 0.2) is 0 Å². The highest BCUT2D eigenvalue weighted by Gasteiger charge is 2.06. The maximum absolute atomic E-state index is 10.4. The van der Waals surface area contributed by atoms with Crippen LogP contribution in [0.15, 0.2) is 28.9 Å². The normalized spacial score (nSPS) is 10.8. The van der Waals surface area contributed by atoms with Crippen LogP contribution >= 0.6 is 15.9 Å². The number of nitrogens with one attached hydrogen (secondary N) is 1. The van der Waals surface area contributed by atoms with Crippen molar-refractivity contribution in [2.75, 3.05) is 0 Å². The lowest BCUT2D eigenvalue weighted by atomic mass is 10.1. The van der Waals surface area contributed by atoms with Crippen molar-refractivity contribution >= 4 is 32.8 Å². The fourth-order valence-corrected chi connectivity index (χ4v) is 2.29. The number of carboxylic acid groups (broad SMARTS) is 1. The van der Waals surface area contributed by atoms with E-state index in [9.17, 15) is 4.79 Å². The highest BCUT2D eigenvalue weighted by Crippen LogP contribution is 2.26. The predicted molar refractivity (Wildman–Crippen MR) is 66.6 cm³/mol. The second-order valence-electron chi connectivity index (χ2n) is 3.72. The summed E-state index contributed by atoms with van der Waals surface area (Å²) in [6, 6.07) is 6.02. The number of para-hydroxylation sites is 1. The summed E-state index contributed by atoms with van der Waals surface area (Å²) in [4.78, 5) is 13.6. The summed E-state index contributed by atoms with van der Waals surface area (Å²) in [6.45, 7) is 0. The number of carbonyl (C=O) groups is 1. The number of hydrogen-bond donors (Lipinski definition) is 2. The van der Waals surface area contributed by atoms with Crippen LogP contribution in [0.1, 0.15) is 18.4 Å². The number of benzene rings is 1. The number of H-pyrrole nitrogens is 1. The zero-order chi connectivity index (χ0) is 11.5. The van der Waals surface area contributed by atoms with Crippen LogP contribution in [-0.2, 0) is 11.2 Å². The number of carboxylic acids is 1. The summed E-state index contributed by atoms with van der Waals surface area (Å²) >= 11 is 3.48. The SMILES string of the molecule is O=C(O)CCCc1c[nH]c2c(Br)cccc12. The van der Waals surface area contributed by atoms with Gasteiger partial charge in [0.1, 0.15) is 0 Å². The molecule has 4 heteroatoms. The molecule has 0 radical (unpaired) electrons. The minimum atomic E-state index is -0.735. The van der Waals surface area contributed by atoms with Crippen molar-refractivity contribution in [1.82, 2.24) is 4.98 Å². The maximum Gasteiger partial charge on any atom is 0.303 e. The molecule has 0 bridgehead atoms. The van der Waals surface area contributed by atoms with Gasteiger partial charge in [-0.25, -0.2) is 0 Å². The van der Waals surface area contributed by atoms with Gasteiger partial charge in [-0.15, -0.1) is 0 Å². The van der Waals surface area contributed by atoms with E-state index >= 15 is 0 Å². The molecule has 1 aromatic carbocycles. The van der Waals surface area contributed by atoms with Crippen LogP contribution in [-0.4, -0.2) is 16.1 Å². The van der Waals surface area contributed by atoms with E-state index in [4.69, 9.17) is 5.11 Å². The van der Waals surface area contributed by atoms with Gasteiger partial charge in [-0.3, -0.25) is 4.79 Å². The largest absolute Gasteiger partial charge is 0.481 e. The van der Waals surface area contributed by atoms with Crippen molar-refractivity contribution in [3.8, 4) is 0 Å². The smallest absolute Gasteiger partial charge is 0.303 e. The number of hydrogen-bond acceptors (Lipinski definition) is 1. The van der Waals surface area contributed by atoms with E-state index < -0.39 is 5.97 Å². The quantitative estimate of drug-likeness (QED) is 0.903. The summed E-state index contributed by atoms with van der Waals surface area (Å²) < 4.78 is 1.04. The molecule has 0 fully saturated rings. The molecule has 2 N–H and O–H groups in total. The molecule has 3 nitrogen and oxygen atoms in total. The van der Waals surface area contributed by atoms with Crippen LogP contribution in [0.3, 0.4) is 0 Å². The van der Waals surface area contributed by atoms with Crippen LogP contribution in [0.4, 0.5) is 0 Å². The number of aryl methyl sites for hydroxylation is 1. The average molecular weight is 282 g/mol. The van der Waals surface area contributed by atoms with Crippen molar-refractivity contribution < 1.29 is 9.90 Å². The molecular formula is C12H12BrNO2. The second kappa shape index (κ2) is 4.70. The maximum atomic E-state index is 10.4. The van der Waals surface area contributed by atoms with E-state index in [-0.39, 0.29) is 6.42 Å². The molecule has 0 spiro atoms. The van der Waals surface area contributed by atoms with Crippen molar-refractivity contribution in [3.05, 3.63) is 34.4 Å². The molecule has 84 valence electrons. The van der Waals surface area contributed by atoms with Gasteiger partial charge in [-0.1, -0.05) is 12.1 Å². The number of aromatic nitrogens is 1. The first-order valence-corrected chi connectivity index (χ1v) is 5.94. The Morgan fingerprint density at radius 2 is 2.25 bits per heavy atom. The molecule has 0 unspecified atom stereocenters. The Labute approximate surface area is 102 Å². The summed E-state index contributed by atoms with van der Waals surface area (Å²) in [5.41, 5.74) is 2.25. The Morgan fingerprint density at radius 1 is 1.44 bits per heavy atom. The first kappa shape index (κ1) is 11.2. The number of aromatic amines is 1. The monoisotopic (exact) mass is 281 g/mol. The van der Waals surface area contributed by atoms with Gasteiger partial charge in [-0.2, -0.15) is 0 Å². The number of fused-ring (bicyclic) bond motifs is 1. The van der Waals surface area contributed by atoms with Crippen molar-refractivity contribution in [2.45, 2.75) is 19.3 Å². The standard InChI is InChI=1S/C12H12BrNO2/c13-10-5-2-4-9-8(7-14-12(9)10)3-1-6-11(15)16/h2,4-5,7,14H,1,3,6H2,(H,15,16). The second-order valence-corrected chi connectivity index (χ2v) is 4.58. The van der Waals surface area contributed by atoms with Gasteiger partial charge in [0.25, 0.3) is 0 Å². The highest BCUT2D eigenvalue weighted by molar-refractivity contribution is 9.10. The highest BCUT2D eigenvalue weighted by atomic mass is 79.9. The first-order chi connectivity index (χ1) is 7.68. The average Bonchev–Trinajstić information content (AvgIpc) is 2.63. The summed E-state index contributed by atoms with van der Waals surface area (Å²) in [5.74, 6) is -0.735. The number of aliphatic carboxylic acids is 1. The molecule has 2 rings (SSSR count). The topological polar surface area (TPSA) is 53.1 Å². The minimum Gasteiger partial charge on any atom is -0.481 e. The lowest BCUT2D eigenvalue weighted by molar-refractivity contribution is -0.137. The molecule has 0 saturated heterocycles. The van der Waals surface area contributed by atoms with Gasteiger partial charge >= 0.3 is 5.97 Å². The van der Waals surface area contributed by atoms with Crippen LogP contribution in [0.2, 0.25) is 0 Å². The minimum absolute atomic E-state index is 0.223. The van der Waals surface area contributed by atoms with E-state index in [1.807, 2.05) is 24.4 Å². The molecule has 1 heterocycles. The van der Waals surface area contributed by atoms with Crippen LogP contribution < -0.4 is 0 Å². The van der Waals surface area contributed by atoms with E-state index in [2.05, 4.69) is 20.9 Å². The van der Waals surface area contributed by atoms with Gasteiger partial charge in [-0.05, 0) is 40.4 Å². The zero-order valence-electron chi connectivity index (χ0n) is 8.66. The number of halogens is 1. The third-order valence-electron chi connectivity index (χ3n) is 2.59. The van der Waals surface area contributed by atoms with Crippen LogP contribution in [0.25, 0.3) is 10.9 Å². The Hall–Kier alpha value is -1.29. The molecule has 1 aromatic heterocycles. The first-order valence-electron chi connectivity index (χ1n) is 5.15. The molecule has 0 aliphatic rings. The Morgan fingerprint density at radius 3 is 3.00 bits per heavy atom. The van der Waals surface area contributed by atoms with Crippen molar-refractivity contribution in [2.24, 2.45) is 0 Å². The zero-order valence-corrected chi connectivity index (χ0v) is 10.3. The van der Waals surface area contributed by atoms with E-state index in [1.54, 1.807) is 0 Å². The van der Waals surface area contributed by atoms with Gasteiger partial charge < -0.3 is 10.1 Å². The molecule has 2 aromatic rings. The fraction of sp³-hybridized carbons (Fsp3) is 0.250. The Bertz CT molecular complexity index is 519. The Balaban J connectivity index is 2.19. The lowest BCUT2D eigenvalue weighted by Gasteiger charge is -1.98. The molecule has 0 atom stereocenters. The van der Waals surface area contributed by atoms with E-state index in [0.29, 0.717) is 6.42 Å². The van der Waals surface area contributed by atoms with Gasteiger partial charge in [0.2, 0.25) is 0 Å². The Kier molecular flexibility index (Phi) is 3.29. The van der Waals surface area contributed by atoms with E-state index in [0.717, 1.165) is 16.4 Å². The van der Waals surface area contributed by atoms with Crippen LogP contribution in [0, 0.1) is 0 Å². The number of rotatable bonds is 4. The predicted octanol–water partition coefficient (Wildman–Crippen LogP) is 3.34. The van der Waals surface area contributed by atoms with Crippen molar-refractivity contribution in [1.29, 1.82) is 0 Å². The van der Waals surface area contributed by atoms with Gasteiger partial charge in [0, 0.05) is 22.5 Å². The molecule has 0 aliphatic carbocycles. The van der Waals surface area contributed by atoms with E-state index in [1.165, 1.54) is 10.9 Å². The summed E-state index contributed by atoms with van der Waals surface area (Å²) in [5, 5.41) is 9.75. The molecule has 0 saturated carbocycles. The molecule has 0 amide bonds. The summed E-state index contributed by atoms with van der Waals surface area (Å²) in [7, 11) is 0. The van der Waals surface area contributed by atoms with Gasteiger partial charge in [0.05, 0.1) is 5.52 Å². The molecule has 16 heavy (non-hydrogen) atoms. The van der Waals surface area contributed by atoms with Crippen LogP contribution in [0.5, 0.6) is 0 Å². The summed E-state index contributed by atoms with van der Waals surface area (Å²) in [6.07, 6.45) is 3.65. The third kappa shape index (κ3) is 2.27. The van der Waals surface area contributed by atoms with Crippen molar-refractivity contribution in [3.63, 3.8) is 0 Å². The lowest BCUT2D eigenvalue weighted by Crippen LogP contribution is -1.95.